The van der Waals surface area contributed by atoms with Gasteiger partial charge in [0.05, 0.1) is 0 Å². The lowest BCUT2D eigenvalue weighted by molar-refractivity contribution is -0.167. The van der Waals surface area contributed by atoms with Gasteiger partial charge in [0.15, 0.2) is 6.10 Å². The van der Waals surface area contributed by atoms with Crippen LogP contribution in [0.25, 0.3) is 0 Å². The van der Waals surface area contributed by atoms with E-state index in [9.17, 15) is 14.4 Å². The van der Waals surface area contributed by atoms with Crippen LogP contribution >= 0.6 is 0 Å². The number of allylic oxidation sites excluding steroid dienone is 6. The average Bonchev–Trinajstić information content (AvgIpc) is 3.23. The van der Waals surface area contributed by atoms with Gasteiger partial charge in [-0.3, -0.25) is 14.4 Å². The Kier molecular flexibility index (Phi) is 46.4. The number of ether oxygens (including phenoxy) is 3. The maximum Gasteiger partial charge on any atom is 0.306 e. The normalized spacial score (nSPS) is 12.3. The first-order valence-electron chi connectivity index (χ1n) is 25.5. The van der Waals surface area contributed by atoms with Gasteiger partial charge in [0, 0.05) is 19.3 Å². The molecule has 0 bridgehead atoms. The molecule has 0 saturated carbocycles. The second-order valence-electron chi connectivity index (χ2n) is 17.1. The Labute approximate surface area is 365 Å². The van der Waals surface area contributed by atoms with Gasteiger partial charge in [-0.15, -0.1) is 0 Å². The lowest BCUT2D eigenvalue weighted by Crippen LogP contribution is -2.30. The Hall–Kier alpha value is -2.37. The number of unbranched alkanes of at least 4 members (excludes halogenated alkanes) is 29. The fraction of sp³-hybridized carbons (Fsp3) is 0.830. The van der Waals surface area contributed by atoms with E-state index >= 15 is 0 Å². The first-order valence-corrected chi connectivity index (χ1v) is 25.5. The van der Waals surface area contributed by atoms with Crippen molar-refractivity contribution in [3.8, 4) is 0 Å². The third kappa shape index (κ3) is 46.5. The van der Waals surface area contributed by atoms with Crippen molar-refractivity contribution in [1.82, 2.24) is 0 Å². The molecule has 0 spiro atoms. The summed E-state index contributed by atoms with van der Waals surface area (Å²) in [6.07, 6.45) is 55.7. The minimum atomic E-state index is -0.780. The van der Waals surface area contributed by atoms with Crippen molar-refractivity contribution in [3.63, 3.8) is 0 Å². The zero-order valence-corrected chi connectivity index (χ0v) is 39.3. The smallest absolute Gasteiger partial charge is 0.306 e. The third-order valence-electron chi connectivity index (χ3n) is 11.2. The van der Waals surface area contributed by atoms with Crippen LogP contribution in [0, 0.1) is 0 Å². The van der Waals surface area contributed by atoms with E-state index in [2.05, 4.69) is 57.2 Å². The molecule has 0 saturated heterocycles. The van der Waals surface area contributed by atoms with E-state index in [1.807, 2.05) is 0 Å². The summed E-state index contributed by atoms with van der Waals surface area (Å²) >= 11 is 0. The zero-order valence-electron chi connectivity index (χ0n) is 39.3. The highest BCUT2D eigenvalue weighted by molar-refractivity contribution is 5.71. The maximum atomic E-state index is 12.7. The molecule has 0 aromatic rings. The predicted octanol–water partition coefficient (Wildman–Crippen LogP) is 16.5. The molecule has 0 fully saturated rings. The zero-order chi connectivity index (χ0) is 43.0. The van der Waals surface area contributed by atoms with Crippen LogP contribution in [0.15, 0.2) is 36.5 Å². The Bertz CT molecular complexity index is 1000. The number of hydrogen-bond acceptors (Lipinski definition) is 6. The molecule has 1 unspecified atom stereocenters. The van der Waals surface area contributed by atoms with Crippen LogP contribution in [0.1, 0.15) is 265 Å². The Morgan fingerprint density at radius 1 is 0.356 bits per heavy atom. The van der Waals surface area contributed by atoms with Gasteiger partial charge in [-0.1, -0.05) is 231 Å². The molecule has 0 aromatic carbocycles. The van der Waals surface area contributed by atoms with Crippen molar-refractivity contribution in [2.24, 2.45) is 0 Å². The van der Waals surface area contributed by atoms with E-state index < -0.39 is 6.10 Å². The summed E-state index contributed by atoms with van der Waals surface area (Å²) in [5, 5.41) is 0. The monoisotopic (exact) mass is 829 g/mol. The highest BCUT2D eigenvalue weighted by atomic mass is 16.6. The van der Waals surface area contributed by atoms with E-state index in [0.29, 0.717) is 19.3 Å². The van der Waals surface area contributed by atoms with E-state index in [1.165, 1.54) is 141 Å². The highest BCUT2D eigenvalue weighted by Crippen LogP contribution is 2.16. The van der Waals surface area contributed by atoms with Gasteiger partial charge >= 0.3 is 17.9 Å². The molecule has 0 heterocycles. The number of carbonyl (C=O) groups is 3. The fourth-order valence-electron chi connectivity index (χ4n) is 7.34. The van der Waals surface area contributed by atoms with E-state index in [4.69, 9.17) is 14.2 Å². The largest absolute Gasteiger partial charge is 0.462 e. The predicted molar refractivity (Wildman–Crippen MR) is 252 cm³/mol. The summed E-state index contributed by atoms with van der Waals surface area (Å²) in [6.45, 7) is 6.50. The molecule has 0 amide bonds. The van der Waals surface area contributed by atoms with Crippen molar-refractivity contribution in [1.29, 1.82) is 0 Å². The number of hydrogen-bond donors (Lipinski definition) is 0. The Morgan fingerprint density at radius 3 is 1.03 bits per heavy atom. The Morgan fingerprint density at radius 2 is 0.661 bits per heavy atom. The number of esters is 3. The molecule has 1 atom stereocenters. The second-order valence-corrected chi connectivity index (χ2v) is 17.1. The van der Waals surface area contributed by atoms with Crippen LogP contribution in [0.3, 0.4) is 0 Å². The third-order valence-corrected chi connectivity index (χ3v) is 11.2. The van der Waals surface area contributed by atoms with Gasteiger partial charge in [-0.05, 0) is 51.4 Å². The van der Waals surface area contributed by atoms with Crippen molar-refractivity contribution < 1.29 is 28.6 Å². The van der Waals surface area contributed by atoms with E-state index in [-0.39, 0.29) is 31.1 Å². The van der Waals surface area contributed by atoms with Crippen LogP contribution < -0.4 is 0 Å². The molecule has 6 heteroatoms. The molecule has 0 aromatic heterocycles. The van der Waals surface area contributed by atoms with Crippen LogP contribution in [0.2, 0.25) is 0 Å². The van der Waals surface area contributed by atoms with Gasteiger partial charge in [0.2, 0.25) is 0 Å². The van der Waals surface area contributed by atoms with Crippen LogP contribution in [0.5, 0.6) is 0 Å². The molecule has 0 N–H and O–H groups in total. The highest BCUT2D eigenvalue weighted by Gasteiger charge is 2.19. The minimum Gasteiger partial charge on any atom is -0.462 e. The summed E-state index contributed by atoms with van der Waals surface area (Å²) < 4.78 is 16.7. The first kappa shape index (κ1) is 56.6. The van der Waals surface area contributed by atoms with Crippen molar-refractivity contribution in [2.45, 2.75) is 271 Å². The van der Waals surface area contributed by atoms with Gasteiger partial charge < -0.3 is 14.2 Å². The number of rotatable bonds is 46. The molecule has 6 nitrogen and oxygen atoms in total. The average molecular weight is 829 g/mol. The van der Waals surface area contributed by atoms with Crippen molar-refractivity contribution >= 4 is 17.9 Å². The molecular weight excluding hydrogens is 733 g/mol. The summed E-state index contributed by atoms with van der Waals surface area (Å²) in [4.78, 5) is 37.8. The molecule has 0 rings (SSSR count). The van der Waals surface area contributed by atoms with Crippen LogP contribution in [-0.2, 0) is 28.6 Å². The fourth-order valence-corrected chi connectivity index (χ4v) is 7.34. The standard InChI is InChI=1S/C53H96O6/c1-4-7-10-13-16-19-21-23-24-25-26-27-28-30-31-34-37-40-43-46-52(55)58-49-50(48-57-51(54)45-42-39-36-33-18-15-12-9-6-3)59-53(56)47-44-41-38-35-32-29-22-20-17-14-11-8-5-2/h8,11,17,20,29,32,50H,4-7,9-10,12-16,18-19,21-28,30-31,33-49H2,1-3H3/b11-8-,20-17-,32-29-. The molecular formula is C53H96O6. The summed E-state index contributed by atoms with van der Waals surface area (Å²) in [6, 6.07) is 0. The van der Waals surface area contributed by atoms with Gasteiger partial charge in [0.1, 0.15) is 13.2 Å². The quantitative estimate of drug-likeness (QED) is 0.0263. The molecule has 59 heavy (non-hydrogen) atoms. The van der Waals surface area contributed by atoms with Gasteiger partial charge in [-0.2, -0.15) is 0 Å². The van der Waals surface area contributed by atoms with Gasteiger partial charge in [0.25, 0.3) is 0 Å². The maximum absolute atomic E-state index is 12.7. The summed E-state index contributed by atoms with van der Waals surface area (Å²) in [7, 11) is 0. The molecule has 0 aliphatic heterocycles. The van der Waals surface area contributed by atoms with Crippen LogP contribution in [-0.4, -0.2) is 37.2 Å². The first-order chi connectivity index (χ1) is 29.0. The molecule has 0 aliphatic carbocycles. The van der Waals surface area contributed by atoms with E-state index in [1.54, 1.807) is 0 Å². The second kappa shape index (κ2) is 48.3. The van der Waals surface area contributed by atoms with Crippen LogP contribution in [0.4, 0.5) is 0 Å². The van der Waals surface area contributed by atoms with E-state index in [0.717, 1.165) is 83.5 Å². The van der Waals surface area contributed by atoms with Crippen molar-refractivity contribution in [2.75, 3.05) is 13.2 Å². The topological polar surface area (TPSA) is 78.9 Å². The van der Waals surface area contributed by atoms with Crippen molar-refractivity contribution in [3.05, 3.63) is 36.5 Å². The Balaban J connectivity index is 4.27. The lowest BCUT2D eigenvalue weighted by Gasteiger charge is -2.18. The molecule has 0 radical (unpaired) electrons. The lowest BCUT2D eigenvalue weighted by atomic mass is 10.0. The SMILES string of the molecule is CC/C=C\C/C=C\C/C=C\CCCCCC(=O)OC(COC(=O)CCCCCCCCCCC)COC(=O)CCCCCCCCCCCCCCCCCCCCC. The minimum absolute atomic E-state index is 0.0802. The molecule has 0 aliphatic rings. The summed E-state index contributed by atoms with van der Waals surface area (Å²) in [5.74, 6) is -0.903. The van der Waals surface area contributed by atoms with Gasteiger partial charge in [-0.25, -0.2) is 0 Å². The summed E-state index contributed by atoms with van der Waals surface area (Å²) in [5.41, 5.74) is 0. The molecule has 344 valence electrons. The number of carbonyl (C=O) groups excluding carboxylic acids is 3.